The Hall–Kier alpha value is -1.59. The Labute approximate surface area is 132 Å². The summed E-state index contributed by atoms with van der Waals surface area (Å²) >= 11 is 11.9. The molecular weight excluding hydrogens is 313 g/mol. The van der Waals surface area contributed by atoms with Crippen LogP contribution >= 0.6 is 23.2 Å². The van der Waals surface area contributed by atoms with E-state index in [1.165, 1.54) is 6.21 Å². The fourth-order valence-corrected chi connectivity index (χ4v) is 2.66. The van der Waals surface area contributed by atoms with Crippen molar-refractivity contribution >= 4 is 41.2 Å². The maximum absolute atomic E-state index is 11.6. The number of carbonyl (C=O) groups is 2. The predicted molar refractivity (Wildman–Crippen MR) is 82.6 cm³/mol. The minimum atomic E-state index is -0.804. The van der Waals surface area contributed by atoms with Crippen LogP contribution in [0.2, 0.25) is 10.0 Å². The predicted octanol–water partition coefficient (Wildman–Crippen LogP) is 2.50. The van der Waals surface area contributed by atoms with Gasteiger partial charge in [-0.2, -0.15) is 5.10 Å². The van der Waals surface area contributed by atoms with Gasteiger partial charge in [-0.3, -0.25) is 9.59 Å². The first-order valence-electron chi connectivity index (χ1n) is 6.66. The van der Waals surface area contributed by atoms with E-state index >= 15 is 0 Å². The van der Waals surface area contributed by atoms with E-state index in [-0.39, 0.29) is 6.04 Å². The molecule has 0 heterocycles. The highest BCUT2D eigenvalue weighted by Gasteiger charge is 2.20. The van der Waals surface area contributed by atoms with Gasteiger partial charge in [0.1, 0.15) is 0 Å². The molecule has 7 heteroatoms. The summed E-state index contributed by atoms with van der Waals surface area (Å²) in [6, 6.07) is 5.10. The highest BCUT2D eigenvalue weighted by Crippen LogP contribution is 2.22. The molecule has 2 N–H and O–H groups in total. The van der Waals surface area contributed by atoms with Crippen LogP contribution in [0.15, 0.2) is 23.3 Å². The number of hydrazone groups is 1. The molecule has 0 aromatic heterocycles. The van der Waals surface area contributed by atoms with Crippen LogP contribution < -0.4 is 10.7 Å². The summed E-state index contributed by atoms with van der Waals surface area (Å²) in [7, 11) is 0. The zero-order chi connectivity index (χ0) is 15.2. The third kappa shape index (κ3) is 4.44. The zero-order valence-corrected chi connectivity index (χ0v) is 12.7. The van der Waals surface area contributed by atoms with E-state index < -0.39 is 11.8 Å². The molecule has 5 nitrogen and oxygen atoms in total. The Kier molecular flexibility index (Phi) is 5.59. The quantitative estimate of drug-likeness (QED) is 0.508. The number of rotatable bonds is 3. The Morgan fingerprint density at radius 1 is 1.14 bits per heavy atom. The molecule has 0 atom stereocenters. The van der Waals surface area contributed by atoms with Gasteiger partial charge in [0.05, 0.1) is 16.3 Å². The second-order valence-electron chi connectivity index (χ2n) is 4.79. The molecular formula is C14H15Cl2N3O2. The second kappa shape index (κ2) is 7.43. The maximum Gasteiger partial charge on any atom is 0.329 e. The van der Waals surface area contributed by atoms with Crippen LogP contribution in [-0.2, 0) is 9.59 Å². The van der Waals surface area contributed by atoms with Gasteiger partial charge in [0, 0.05) is 11.6 Å². The molecule has 1 aromatic rings. The average Bonchev–Trinajstić information content (AvgIpc) is 2.94. The highest BCUT2D eigenvalue weighted by atomic mass is 35.5. The third-order valence-electron chi connectivity index (χ3n) is 3.26. The van der Waals surface area contributed by atoms with Crippen molar-refractivity contribution in [3.05, 3.63) is 33.8 Å². The lowest BCUT2D eigenvalue weighted by Crippen LogP contribution is -2.42. The van der Waals surface area contributed by atoms with Crippen LogP contribution in [-0.4, -0.2) is 24.1 Å². The van der Waals surface area contributed by atoms with Crippen LogP contribution in [0.4, 0.5) is 0 Å². The average molecular weight is 328 g/mol. The number of nitrogens with zero attached hydrogens (tertiary/aromatic N) is 1. The fourth-order valence-electron chi connectivity index (χ4n) is 2.16. The van der Waals surface area contributed by atoms with Crippen LogP contribution in [0.3, 0.4) is 0 Å². The molecule has 0 bridgehead atoms. The Balaban J connectivity index is 1.88. The molecule has 2 amide bonds. The van der Waals surface area contributed by atoms with Crippen molar-refractivity contribution in [3.63, 3.8) is 0 Å². The lowest BCUT2D eigenvalue weighted by atomic mass is 10.2. The molecule has 0 aliphatic heterocycles. The Morgan fingerprint density at radius 3 is 2.38 bits per heavy atom. The van der Waals surface area contributed by atoms with Gasteiger partial charge in [0.2, 0.25) is 0 Å². The van der Waals surface area contributed by atoms with Crippen LogP contribution in [0, 0.1) is 0 Å². The monoisotopic (exact) mass is 327 g/mol. The molecule has 0 radical (unpaired) electrons. The van der Waals surface area contributed by atoms with Crippen molar-refractivity contribution in [1.82, 2.24) is 10.7 Å². The first-order chi connectivity index (χ1) is 10.1. The Morgan fingerprint density at radius 2 is 1.76 bits per heavy atom. The number of halogens is 2. The van der Waals surface area contributed by atoms with Crippen molar-refractivity contribution in [2.45, 2.75) is 31.7 Å². The van der Waals surface area contributed by atoms with Gasteiger partial charge in [-0.1, -0.05) is 42.1 Å². The normalized spacial score (nSPS) is 15.3. The van der Waals surface area contributed by atoms with Crippen molar-refractivity contribution < 1.29 is 9.59 Å². The summed E-state index contributed by atoms with van der Waals surface area (Å²) in [5, 5.41) is 7.20. The summed E-state index contributed by atoms with van der Waals surface area (Å²) in [4.78, 5) is 23.2. The van der Waals surface area contributed by atoms with E-state index in [1.807, 2.05) is 0 Å². The van der Waals surface area contributed by atoms with Gasteiger partial charge in [-0.15, -0.1) is 0 Å². The summed E-state index contributed by atoms with van der Waals surface area (Å²) in [6.07, 6.45) is 5.30. The third-order valence-corrected chi connectivity index (χ3v) is 3.92. The molecule has 1 aliphatic carbocycles. The largest absolute Gasteiger partial charge is 0.345 e. The first-order valence-corrected chi connectivity index (χ1v) is 7.41. The minimum absolute atomic E-state index is 0.0882. The first kappa shape index (κ1) is 15.8. The van der Waals surface area contributed by atoms with E-state index in [0.717, 1.165) is 25.7 Å². The number of hydrogen-bond donors (Lipinski definition) is 2. The summed E-state index contributed by atoms with van der Waals surface area (Å²) in [5.41, 5.74) is 2.64. The molecule has 1 saturated carbocycles. The topological polar surface area (TPSA) is 70.6 Å². The van der Waals surface area contributed by atoms with Crippen molar-refractivity contribution in [2.24, 2.45) is 5.10 Å². The molecule has 0 spiro atoms. The molecule has 0 saturated heterocycles. The Bertz CT molecular complexity index is 549. The smallest absolute Gasteiger partial charge is 0.329 e. The molecule has 112 valence electrons. The van der Waals surface area contributed by atoms with Gasteiger partial charge >= 0.3 is 11.8 Å². The van der Waals surface area contributed by atoms with Crippen LogP contribution in [0.5, 0.6) is 0 Å². The molecule has 1 aromatic carbocycles. The van der Waals surface area contributed by atoms with Gasteiger partial charge < -0.3 is 5.32 Å². The molecule has 1 aliphatic rings. The van der Waals surface area contributed by atoms with E-state index in [1.54, 1.807) is 18.2 Å². The van der Waals surface area contributed by atoms with Crippen LogP contribution in [0.1, 0.15) is 31.2 Å². The van der Waals surface area contributed by atoms with Gasteiger partial charge in [-0.05, 0) is 25.0 Å². The summed E-state index contributed by atoms with van der Waals surface area (Å²) < 4.78 is 0. The number of carbonyl (C=O) groups excluding carboxylic acids is 2. The highest BCUT2D eigenvalue weighted by molar-refractivity contribution is 6.38. The number of hydrogen-bond acceptors (Lipinski definition) is 3. The van der Waals surface area contributed by atoms with Gasteiger partial charge in [0.25, 0.3) is 0 Å². The molecule has 21 heavy (non-hydrogen) atoms. The van der Waals surface area contributed by atoms with Gasteiger partial charge in [0.15, 0.2) is 0 Å². The standard InChI is InChI=1S/C14H15Cl2N3O2/c15-11-6-3-7-12(16)10(11)8-17-19-14(21)13(20)18-9-4-1-2-5-9/h3,6-9H,1-2,4-5H2,(H,18,20)(H,19,21)/b17-8-. The number of benzene rings is 1. The van der Waals surface area contributed by atoms with E-state index in [0.29, 0.717) is 15.6 Å². The van der Waals surface area contributed by atoms with E-state index in [4.69, 9.17) is 23.2 Å². The van der Waals surface area contributed by atoms with Gasteiger partial charge in [-0.25, -0.2) is 5.43 Å². The number of nitrogens with one attached hydrogen (secondary N) is 2. The van der Waals surface area contributed by atoms with E-state index in [2.05, 4.69) is 15.8 Å². The fraction of sp³-hybridized carbons (Fsp3) is 0.357. The number of amides is 2. The van der Waals surface area contributed by atoms with Crippen molar-refractivity contribution in [2.75, 3.05) is 0 Å². The minimum Gasteiger partial charge on any atom is -0.345 e. The maximum atomic E-state index is 11.6. The summed E-state index contributed by atoms with van der Waals surface area (Å²) in [6.45, 7) is 0. The zero-order valence-electron chi connectivity index (χ0n) is 11.2. The second-order valence-corrected chi connectivity index (χ2v) is 5.60. The SMILES string of the molecule is O=C(N/N=C\c1c(Cl)cccc1Cl)C(=O)NC1CCCC1. The van der Waals surface area contributed by atoms with E-state index in [9.17, 15) is 9.59 Å². The molecule has 0 unspecified atom stereocenters. The van der Waals surface area contributed by atoms with Crippen molar-refractivity contribution in [3.8, 4) is 0 Å². The molecule has 2 rings (SSSR count). The lowest BCUT2D eigenvalue weighted by Gasteiger charge is -2.10. The van der Waals surface area contributed by atoms with Crippen molar-refractivity contribution in [1.29, 1.82) is 0 Å². The van der Waals surface area contributed by atoms with Crippen LogP contribution in [0.25, 0.3) is 0 Å². The lowest BCUT2D eigenvalue weighted by molar-refractivity contribution is -0.139. The summed E-state index contributed by atoms with van der Waals surface area (Å²) in [5.74, 6) is -1.48. The molecule has 1 fully saturated rings.